The number of nitrogens with one attached hydrogen (secondary N) is 1. The zero-order valence-corrected chi connectivity index (χ0v) is 20.9. The molecule has 0 saturated carbocycles. The Morgan fingerprint density at radius 2 is 1.94 bits per heavy atom. The molecule has 2 aromatic heterocycles. The van der Waals surface area contributed by atoms with Crippen LogP contribution < -0.4 is 21.3 Å². The van der Waals surface area contributed by atoms with Crippen molar-refractivity contribution in [1.29, 1.82) is 0 Å². The third-order valence-electron chi connectivity index (χ3n) is 5.47. The lowest BCUT2D eigenvalue weighted by atomic mass is 10.1. The Morgan fingerprint density at radius 1 is 1.18 bits per heavy atom. The molecule has 0 aliphatic rings. The average Bonchev–Trinajstić information content (AvgIpc) is 3.28. The molecule has 0 saturated heterocycles. The van der Waals surface area contributed by atoms with Gasteiger partial charge < -0.3 is 10.1 Å². The number of carbonyl (C=O) groups excluding carboxylic acids is 1. The van der Waals surface area contributed by atoms with Gasteiger partial charge >= 0.3 is 5.69 Å². The summed E-state index contributed by atoms with van der Waals surface area (Å²) in [7, 11) is 1.47. The number of ether oxygens (including phenoxy) is 1. The van der Waals surface area contributed by atoms with Crippen molar-refractivity contribution in [2.75, 3.05) is 18.7 Å². The minimum Gasteiger partial charge on any atom is -0.495 e. The van der Waals surface area contributed by atoms with Gasteiger partial charge in [0.1, 0.15) is 17.0 Å². The maximum Gasteiger partial charge on any atom is 0.337 e. The van der Waals surface area contributed by atoms with Gasteiger partial charge in [0.2, 0.25) is 5.91 Å². The van der Waals surface area contributed by atoms with Crippen molar-refractivity contribution in [3.05, 3.63) is 74.4 Å². The number of aryl methyl sites for hydroxylation is 2. The van der Waals surface area contributed by atoms with Gasteiger partial charge in [0.15, 0.2) is 9.99 Å². The van der Waals surface area contributed by atoms with Crippen LogP contribution in [0.25, 0.3) is 16.0 Å². The Morgan fingerprint density at radius 3 is 2.65 bits per heavy atom. The van der Waals surface area contributed by atoms with Crippen molar-refractivity contribution in [3.8, 4) is 11.4 Å². The van der Waals surface area contributed by atoms with E-state index in [2.05, 4.69) is 10.3 Å². The molecule has 0 radical (unpaired) electrons. The van der Waals surface area contributed by atoms with Crippen LogP contribution in [0.3, 0.4) is 0 Å². The Bertz CT molecular complexity index is 1500. The number of para-hydroxylation sites is 3. The normalized spacial score (nSPS) is 11.1. The molecule has 34 heavy (non-hydrogen) atoms. The van der Waals surface area contributed by atoms with E-state index in [4.69, 9.17) is 4.74 Å². The van der Waals surface area contributed by atoms with Crippen LogP contribution in [-0.2, 0) is 17.8 Å². The van der Waals surface area contributed by atoms with Crippen molar-refractivity contribution >= 4 is 45.0 Å². The van der Waals surface area contributed by atoms with Gasteiger partial charge in [-0.25, -0.2) is 14.3 Å². The molecular formula is C24H24N4O4S2. The highest BCUT2D eigenvalue weighted by atomic mass is 32.2. The summed E-state index contributed by atoms with van der Waals surface area (Å²) in [4.78, 5) is 44.5. The van der Waals surface area contributed by atoms with Crippen LogP contribution in [0.4, 0.5) is 5.69 Å². The summed E-state index contributed by atoms with van der Waals surface area (Å²) in [6, 6.07) is 12.6. The lowest BCUT2D eigenvalue weighted by molar-refractivity contribution is -0.116. The van der Waals surface area contributed by atoms with E-state index in [1.54, 1.807) is 24.3 Å². The molecule has 8 nitrogen and oxygen atoms in total. The van der Waals surface area contributed by atoms with Gasteiger partial charge in [0.05, 0.1) is 12.8 Å². The fraction of sp³-hybridized carbons (Fsp3) is 0.250. The smallest absolute Gasteiger partial charge is 0.337 e. The number of carbonyl (C=O) groups is 1. The Balaban J connectivity index is 1.87. The summed E-state index contributed by atoms with van der Waals surface area (Å²) in [5, 5.41) is 2.95. The SMILES string of the molecule is CCc1cccc(C)c1NC(=O)Cn1c(=O)n(-c2ccccc2OC)c(=O)c2sc(SC)nc21. The minimum absolute atomic E-state index is 0.200. The van der Waals surface area contributed by atoms with Gasteiger partial charge in [-0.05, 0) is 42.9 Å². The van der Waals surface area contributed by atoms with Crippen LogP contribution in [0.15, 0.2) is 56.4 Å². The number of hydrogen-bond donors (Lipinski definition) is 1. The van der Waals surface area contributed by atoms with Crippen molar-refractivity contribution in [1.82, 2.24) is 14.1 Å². The zero-order chi connectivity index (χ0) is 24.4. The summed E-state index contributed by atoms with van der Waals surface area (Å²) >= 11 is 2.57. The van der Waals surface area contributed by atoms with Crippen molar-refractivity contribution < 1.29 is 9.53 Å². The number of rotatable bonds is 7. The molecule has 10 heteroatoms. The number of amides is 1. The van der Waals surface area contributed by atoms with E-state index >= 15 is 0 Å². The van der Waals surface area contributed by atoms with E-state index in [-0.39, 0.29) is 18.1 Å². The summed E-state index contributed by atoms with van der Waals surface area (Å²) in [5.41, 5.74) is 2.03. The van der Waals surface area contributed by atoms with Gasteiger partial charge in [-0.1, -0.05) is 49.0 Å². The summed E-state index contributed by atoms with van der Waals surface area (Å²) in [6.07, 6.45) is 2.60. The fourth-order valence-electron chi connectivity index (χ4n) is 3.80. The van der Waals surface area contributed by atoms with Crippen LogP contribution in [0, 0.1) is 6.92 Å². The van der Waals surface area contributed by atoms with Gasteiger partial charge in [-0.2, -0.15) is 0 Å². The zero-order valence-electron chi connectivity index (χ0n) is 19.2. The monoisotopic (exact) mass is 496 g/mol. The molecule has 2 heterocycles. The van der Waals surface area contributed by atoms with E-state index in [1.165, 1.54) is 34.8 Å². The predicted octanol–water partition coefficient (Wildman–Crippen LogP) is 3.85. The third-order valence-corrected chi connectivity index (χ3v) is 7.49. The highest BCUT2D eigenvalue weighted by molar-refractivity contribution is 8.00. The molecule has 0 fully saturated rings. The van der Waals surface area contributed by atoms with Crippen LogP contribution in [0.1, 0.15) is 18.1 Å². The van der Waals surface area contributed by atoms with Crippen LogP contribution in [-0.4, -0.2) is 33.4 Å². The first-order valence-corrected chi connectivity index (χ1v) is 12.7. The van der Waals surface area contributed by atoms with Crippen molar-refractivity contribution in [3.63, 3.8) is 0 Å². The molecule has 0 aliphatic heterocycles. The maximum atomic E-state index is 13.6. The topological polar surface area (TPSA) is 95.2 Å². The highest BCUT2D eigenvalue weighted by Crippen LogP contribution is 2.27. The van der Waals surface area contributed by atoms with Crippen LogP contribution in [0.2, 0.25) is 0 Å². The second kappa shape index (κ2) is 9.86. The molecule has 0 atom stereocenters. The Kier molecular flexibility index (Phi) is 6.90. The number of benzene rings is 2. The lowest BCUT2D eigenvalue weighted by Gasteiger charge is -2.15. The number of hydrogen-bond acceptors (Lipinski definition) is 7. The molecule has 176 valence electrons. The number of methoxy groups -OCH3 is 1. The quantitative estimate of drug-likeness (QED) is 0.391. The van der Waals surface area contributed by atoms with Crippen molar-refractivity contribution in [2.24, 2.45) is 0 Å². The molecule has 0 aliphatic carbocycles. The largest absolute Gasteiger partial charge is 0.495 e. The number of thiazole rings is 1. The Hall–Kier alpha value is -3.37. The summed E-state index contributed by atoms with van der Waals surface area (Å²) in [6.45, 7) is 3.65. The van der Waals surface area contributed by atoms with E-state index in [1.807, 2.05) is 38.3 Å². The number of thioether (sulfide) groups is 1. The molecule has 1 amide bonds. The standard InChI is InChI=1S/C24H24N4O4S2/c1-5-15-10-8-9-14(2)19(15)25-18(29)13-27-21-20(34-23(26-21)33-4)22(30)28(24(27)31)16-11-6-7-12-17(16)32-3/h6-12H,5,13H2,1-4H3,(H,25,29). The molecule has 2 aromatic carbocycles. The minimum atomic E-state index is -0.657. The number of aromatic nitrogens is 3. The highest BCUT2D eigenvalue weighted by Gasteiger charge is 2.22. The number of fused-ring (bicyclic) bond motifs is 1. The van der Waals surface area contributed by atoms with Gasteiger partial charge in [-0.3, -0.25) is 14.2 Å². The Labute approximate surface area is 204 Å². The second-order valence-corrected chi connectivity index (χ2v) is 9.58. The third kappa shape index (κ3) is 4.26. The van der Waals surface area contributed by atoms with Crippen LogP contribution in [0.5, 0.6) is 5.75 Å². The predicted molar refractivity (Wildman–Crippen MR) is 137 cm³/mol. The summed E-state index contributed by atoms with van der Waals surface area (Å²) in [5.74, 6) is -0.00418. The van der Waals surface area contributed by atoms with Gasteiger partial charge in [0.25, 0.3) is 5.56 Å². The maximum absolute atomic E-state index is 13.6. The molecule has 1 N–H and O–H groups in total. The molecule has 0 unspecified atom stereocenters. The summed E-state index contributed by atoms with van der Waals surface area (Å²) < 4.78 is 8.60. The first kappa shape index (κ1) is 23.8. The van der Waals surface area contributed by atoms with E-state index in [0.29, 0.717) is 20.5 Å². The van der Waals surface area contributed by atoms with Gasteiger partial charge in [0, 0.05) is 5.69 Å². The average molecular weight is 497 g/mol. The molecule has 4 rings (SSSR count). The number of anilines is 1. The molecule has 0 spiro atoms. The molecular weight excluding hydrogens is 472 g/mol. The van der Waals surface area contributed by atoms with E-state index in [0.717, 1.165) is 27.8 Å². The first-order chi connectivity index (χ1) is 16.4. The number of nitrogens with zero attached hydrogens (tertiary/aromatic N) is 3. The fourth-order valence-corrected chi connectivity index (χ4v) is 5.29. The van der Waals surface area contributed by atoms with E-state index < -0.39 is 11.2 Å². The van der Waals surface area contributed by atoms with Gasteiger partial charge in [-0.15, -0.1) is 11.3 Å². The lowest BCUT2D eigenvalue weighted by Crippen LogP contribution is -2.40. The molecule has 4 aromatic rings. The molecule has 0 bridgehead atoms. The van der Waals surface area contributed by atoms with Crippen molar-refractivity contribution in [2.45, 2.75) is 31.2 Å². The first-order valence-electron chi connectivity index (χ1n) is 10.6. The van der Waals surface area contributed by atoms with E-state index in [9.17, 15) is 14.4 Å². The van der Waals surface area contributed by atoms with Crippen LogP contribution >= 0.6 is 23.1 Å². The second-order valence-electron chi connectivity index (χ2n) is 7.53.